The van der Waals surface area contributed by atoms with Crippen molar-refractivity contribution in [3.05, 3.63) is 53.7 Å². The molecule has 3 aromatic rings. The predicted octanol–water partition coefficient (Wildman–Crippen LogP) is 2.45. The number of benzene rings is 1. The molecule has 1 unspecified atom stereocenters. The molecule has 3 N–H and O–H groups in total. The van der Waals surface area contributed by atoms with Crippen LogP contribution >= 0.6 is 0 Å². The summed E-state index contributed by atoms with van der Waals surface area (Å²) in [4.78, 5) is 7.78. The van der Waals surface area contributed by atoms with Gasteiger partial charge < -0.3 is 15.3 Å². The Bertz CT molecular complexity index is 688. The highest BCUT2D eigenvalue weighted by molar-refractivity contribution is 5.83. The topological polar surface area (TPSA) is 59.6 Å². The molecular weight excluding hydrogens is 236 g/mol. The van der Waals surface area contributed by atoms with E-state index in [-0.39, 0.29) is 6.04 Å². The van der Waals surface area contributed by atoms with E-state index in [0.717, 1.165) is 23.5 Å². The maximum absolute atomic E-state index is 6.27. The minimum Gasteiger partial charge on any atom is -0.361 e. The summed E-state index contributed by atoms with van der Waals surface area (Å²) >= 11 is 0. The largest absolute Gasteiger partial charge is 0.361 e. The molecular formula is C15H18N4. The van der Waals surface area contributed by atoms with Gasteiger partial charge in [0.15, 0.2) is 0 Å². The molecule has 1 aromatic carbocycles. The highest BCUT2D eigenvalue weighted by atomic mass is 15.0. The van der Waals surface area contributed by atoms with E-state index in [1.807, 2.05) is 37.0 Å². The Labute approximate surface area is 112 Å². The quantitative estimate of drug-likeness (QED) is 0.754. The van der Waals surface area contributed by atoms with Crippen LogP contribution in [0.2, 0.25) is 0 Å². The summed E-state index contributed by atoms with van der Waals surface area (Å²) in [6, 6.07) is 8.22. The van der Waals surface area contributed by atoms with E-state index in [1.165, 1.54) is 10.9 Å². The molecule has 0 saturated carbocycles. The number of H-pyrrole nitrogens is 1. The number of aromatic nitrogens is 3. The van der Waals surface area contributed by atoms with Gasteiger partial charge in [0, 0.05) is 30.3 Å². The van der Waals surface area contributed by atoms with Crippen LogP contribution in [0.15, 0.2) is 36.7 Å². The average molecular weight is 254 g/mol. The molecule has 0 amide bonds. The Kier molecular flexibility index (Phi) is 2.87. The van der Waals surface area contributed by atoms with Gasteiger partial charge >= 0.3 is 0 Å². The summed E-state index contributed by atoms with van der Waals surface area (Å²) in [6.07, 6.45) is 4.84. The predicted molar refractivity (Wildman–Crippen MR) is 76.9 cm³/mol. The molecule has 0 radical (unpaired) electrons. The van der Waals surface area contributed by atoms with Crippen molar-refractivity contribution < 1.29 is 0 Å². The fourth-order valence-corrected chi connectivity index (χ4v) is 2.41. The highest BCUT2D eigenvalue weighted by Gasteiger charge is 2.13. The number of hydrogen-bond donors (Lipinski definition) is 2. The van der Waals surface area contributed by atoms with E-state index >= 15 is 0 Å². The summed E-state index contributed by atoms with van der Waals surface area (Å²) in [5.41, 5.74) is 9.62. The fourth-order valence-electron chi connectivity index (χ4n) is 2.41. The van der Waals surface area contributed by atoms with E-state index in [9.17, 15) is 0 Å². The third-order valence-corrected chi connectivity index (χ3v) is 3.62. The molecule has 0 spiro atoms. The van der Waals surface area contributed by atoms with Crippen molar-refractivity contribution >= 4 is 10.9 Å². The average Bonchev–Trinajstić information content (AvgIpc) is 2.95. The van der Waals surface area contributed by atoms with E-state index in [4.69, 9.17) is 5.73 Å². The molecule has 4 heteroatoms. The number of hydrogen-bond acceptors (Lipinski definition) is 2. The number of aromatic amines is 1. The molecule has 2 aromatic heterocycles. The Balaban J connectivity index is 1.88. The maximum Gasteiger partial charge on any atom is 0.105 e. The molecule has 0 aliphatic heterocycles. The first-order valence-electron chi connectivity index (χ1n) is 6.45. The third kappa shape index (κ3) is 2.15. The molecule has 0 saturated heterocycles. The molecule has 4 nitrogen and oxygen atoms in total. The molecule has 19 heavy (non-hydrogen) atoms. The first-order valence-corrected chi connectivity index (χ1v) is 6.45. The Morgan fingerprint density at radius 3 is 2.89 bits per heavy atom. The molecule has 0 aliphatic carbocycles. The second-order valence-electron chi connectivity index (χ2n) is 4.99. The van der Waals surface area contributed by atoms with Crippen molar-refractivity contribution in [1.29, 1.82) is 0 Å². The lowest BCUT2D eigenvalue weighted by Crippen LogP contribution is -2.13. The second-order valence-corrected chi connectivity index (χ2v) is 4.99. The lowest BCUT2D eigenvalue weighted by molar-refractivity contribution is 0.702. The van der Waals surface area contributed by atoms with Crippen LogP contribution in [0.3, 0.4) is 0 Å². The normalized spacial score (nSPS) is 13.0. The zero-order valence-corrected chi connectivity index (χ0v) is 11.2. The lowest BCUT2D eigenvalue weighted by Gasteiger charge is -2.07. The van der Waals surface area contributed by atoms with Crippen molar-refractivity contribution in [1.82, 2.24) is 14.5 Å². The summed E-state index contributed by atoms with van der Waals surface area (Å²) in [5, 5.41) is 1.24. The Morgan fingerprint density at radius 2 is 2.16 bits per heavy atom. The number of imidazole rings is 1. The second kappa shape index (κ2) is 4.55. The van der Waals surface area contributed by atoms with Crippen molar-refractivity contribution in [3.8, 4) is 0 Å². The number of aryl methyl sites for hydroxylation is 2. The molecule has 0 fully saturated rings. The number of nitrogens with one attached hydrogen (secondary N) is 1. The summed E-state index contributed by atoms with van der Waals surface area (Å²) in [7, 11) is 1.99. The van der Waals surface area contributed by atoms with Gasteiger partial charge in [0.2, 0.25) is 0 Å². The van der Waals surface area contributed by atoms with Crippen molar-refractivity contribution in [2.24, 2.45) is 12.8 Å². The van der Waals surface area contributed by atoms with E-state index in [1.54, 1.807) is 0 Å². The zero-order valence-electron chi connectivity index (χ0n) is 11.2. The van der Waals surface area contributed by atoms with Gasteiger partial charge in [0.25, 0.3) is 0 Å². The van der Waals surface area contributed by atoms with Gasteiger partial charge in [0.05, 0.1) is 11.7 Å². The molecule has 2 heterocycles. The monoisotopic (exact) mass is 254 g/mol. The van der Waals surface area contributed by atoms with Crippen molar-refractivity contribution in [2.45, 2.75) is 19.4 Å². The van der Waals surface area contributed by atoms with Crippen LogP contribution in [0.25, 0.3) is 10.9 Å². The minimum atomic E-state index is -0.0703. The van der Waals surface area contributed by atoms with E-state index < -0.39 is 0 Å². The SMILES string of the molecule is Cc1nc(C(N)Cc2c[nH]c3ccccc23)cn1C. The van der Waals surface area contributed by atoms with Crippen LogP contribution in [0, 0.1) is 6.92 Å². The molecule has 3 rings (SSSR count). The minimum absolute atomic E-state index is 0.0703. The molecule has 1 atom stereocenters. The van der Waals surface area contributed by atoms with Crippen LogP contribution in [-0.4, -0.2) is 14.5 Å². The van der Waals surface area contributed by atoms with Gasteiger partial charge in [-0.15, -0.1) is 0 Å². The fraction of sp³-hybridized carbons (Fsp3) is 0.267. The van der Waals surface area contributed by atoms with Crippen LogP contribution in [0.5, 0.6) is 0 Å². The van der Waals surface area contributed by atoms with Gasteiger partial charge in [-0.1, -0.05) is 18.2 Å². The number of fused-ring (bicyclic) bond motifs is 1. The zero-order chi connectivity index (χ0) is 13.4. The van der Waals surface area contributed by atoms with Crippen molar-refractivity contribution in [3.63, 3.8) is 0 Å². The Hall–Kier alpha value is -2.07. The molecule has 0 aliphatic rings. The van der Waals surface area contributed by atoms with Gasteiger partial charge in [-0.3, -0.25) is 0 Å². The van der Waals surface area contributed by atoms with Gasteiger partial charge in [-0.2, -0.15) is 0 Å². The summed E-state index contributed by atoms with van der Waals surface area (Å²) in [5.74, 6) is 0.990. The van der Waals surface area contributed by atoms with E-state index in [2.05, 4.69) is 28.2 Å². The van der Waals surface area contributed by atoms with Crippen LogP contribution in [-0.2, 0) is 13.5 Å². The number of nitrogens with two attached hydrogens (primary N) is 1. The van der Waals surface area contributed by atoms with Gasteiger partial charge in [-0.05, 0) is 25.0 Å². The van der Waals surface area contributed by atoms with Crippen LogP contribution in [0.1, 0.15) is 23.1 Å². The third-order valence-electron chi connectivity index (χ3n) is 3.62. The van der Waals surface area contributed by atoms with Crippen molar-refractivity contribution in [2.75, 3.05) is 0 Å². The lowest BCUT2D eigenvalue weighted by atomic mass is 10.0. The number of para-hydroxylation sites is 1. The number of nitrogens with zero attached hydrogens (tertiary/aromatic N) is 2. The standard InChI is InChI=1S/C15H18N4/c1-10-18-15(9-19(10)2)13(16)7-11-8-17-14-6-4-3-5-12(11)14/h3-6,8-9,13,17H,7,16H2,1-2H3. The smallest absolute Gasteiger partial charge is 0.105 e. The number of rotatable bonds is 3. The van der Waals surface area contributed by atoms with Crippen LogP contribution in [0.4, 0.5) is 0 Å². The molecule has 98 valence electrons. The highest BCUT2D eigenvalue weighted by Crippen LogP contribution is 2.22. The summed E-state index contributed by atoms with van der Waals surface area (Å²) in [6.45, 7) is 1.99. The van der Waals surface area contributed by atoms with Gasteiger partial charge in [0.1, 0.15) is 5.82 Å². The Morgan fingerprint density at radius 1 is 1.37 bits per heavy atom. The van der Waals surface area contributed by atoms with Crippen LogP contribution < -0.4 is 5.73 Å². The maximum atomic E-state index is 6.27. The summed E-state index contributed by atoms with van der Waals surface area (Å²) < 4.78 is 2.00. The first kappa shape index (κ1) is 12.0. The molecule has 0 bridgehead atoms. The van der Waals surface area contributed by atoms with E-state index in [0.29, 0.717) is 0 Å². The first-order chi connectivity index (χ1) is 9.15. The van der Waals surface area contributed by atoms with Gasteiger partial charge in [-0.25, -0.2) is 4.98 Å².